The first kappa shape index (κ1) is 14.0. The molecule has 0 aliphatic heterocycles. The summed E-state index contributed by atoms with van der Waals surface area (Å²) in [6, 6.07) is 14.4. The van der Waals surface area contributed by atoms with Gasteiger partial charge in [-0.15, -0.1) is 0 Å². The Morgan fingerprint density at radius 1 is 1.14 bits per heavy atom. The molecule has 1 N–H and O–H groups in total. The van der Waals surface area contributed by atoms with Crippen LogP contribution >= 0.6 is 27.5 Å². The van der Waals surface area contributed by atoms with Crippen LogP contribution in [0.4, 0.5) is 5.69 Å². The van der Waals surface area contributed by atoms with E-state index >= 15 is 0 Å². The van der Waals surface area contributed by atoms with Gasteiger partial charge in [-0.05, 0) is 42.5 Å². The lowest BCUT2D eigenvalue weighted by Crippen LogP contribution is -2.12. The molecule has 104 valence electrons. The molecule has 3 rings (SSSR count). The summed E-state index contributed by atoms with van der Waals surface area (Å²) in [5, 5.41) is 4.31. The zero-order valence-electron chi connectivity index (χ0n) is 10.8. The number of hydrogen-bond acceptors (Lipinski definition) is 2. The minimum Gasteiger partial charge on any atom is -0.321 e. The lowest BCUT2D eigenvalue weighted by Gasteiger charge is -2.09. The highest BCUT2D eigenvalue weighted by Gasteiger charge is 2.09. The number of aromatic nitrogens is 1. The van der Waals surface area contributed by atoms with E-state index in [2.05, 4.69) is 26.2 Å². The van der Waals surface area contributed by atoms with Crippen LogP contribution in [0.2, 0.25) is 5.02 Å². The second kappa shape index (κ2) is 5.84. The zero-order chi connectivity index (χ0) is 14.8. The summed E-state index contributed by atoms with van der Waals surface area (Å²) < 4.78 is 0.932. The first-order valence-electron chi connectivity index (χ1n) is 6.25. The standard InChI is InChI=1S/C16H10BrClN2O/c17-11-4-5-14-13(9-11)15(6-7-19-14)20-16(21)10-2-1-3-12(18)8-10/h1-9H,(H,19,20,21). The number of rotatable bonds is 2. The molecule has 0 saturated carbocycles. The van der Waals surface area contributed by atoms with E-state index in [1.54, 1.807) is 36.5 Å². The highest BCUT2D eigenvalue weighted by molar-refractivity contribution is 9.10. The summed E-state index contributed by atoms with van der Waals surface area (Å²) >= 11 is 9.34. The molecule has 2 aromatic carbocycles. The van der Waals surface area contributed by atoms with Crippen molar-refractivity contribution >= 4 is 50.0 Å². The Balaban J connectivity index is 1.98. The Bertz CT molecular complexity index is 835. The molecule has 0 aliphatic carbocycles. The molecular weight excluding hydrogens is 352 g/mol. The Kier molecular flexibility index (Phi) is 3.90. The number of hydrogen-bond donors (Lipinski definition) is 1. The van der Waals surface area contributed by atoms with Gasteiger partial charge in [0.2, 0.25) is 0 Å². The summed E-state index contributed by atoms with van der Waals surface area (Å²) in [7, 11) is 0. The van der Waals surface area contributed by atoms with E-state index in [1.165, 1.54) is 0 Å². The van der Waals surface area contributed by atoms with E-state index in [4.69, 9.17) is 11.6 Å². The molecule has 0 aliphatic rings. The van der Waals surface area contributed by atoms with Crippen LogP contribution in [0.25, 0.3) is 10.9 Å². The lowest BCUT2D eigenvalue weighted by atomic mass is 10.1. The van der Waals surface area contributed by atoms with Crippen LogP contribution in [-0.2, 0) is 0 Å². The predicted octanol–water partition coefficient (Wildman–Crippen LogP) is 4.90. The van der Waals surface area contributed by atoms with Crippen LogP contribution in [0.1, 0.15) is 10.4 Å². The van der Waals surface area contributed by atoms with Crippen molar-refractivity contribution in [1.82, 2.24) is 4.98 Å². The number of fused-ring (bicyclic) bond motifs is 1. The monoisotopic (exact) mass is 360 g/mol. The number of amides is 1. The Morgan fingerprint density at radius 2 is 2.00 bits per heavy atom. The molecule has 0 bridgehead atoms. The number of carbonyl (C=O) groups is 1. The predicted molar refractivity (Wildman–Crippen MR) is 88.8 cm³/mol. The summed E-state index contributed by atoms with van der Waals surface area (Å²) in [6.07, 6.45) is 1.67. The van der Waals surface area contributed by atoms with Crippen molar-refractivity contribution < 1.29 is 4.79 Å². The summed E-state index contributed by atoms with van der Waals surface area (Å²) in [5.74, 6) is -0.204. The molecular formula is C16H10BrClN2O. The van der Waals surface area contributed by atoms with Crippen molar-refractivity contribution in [2.75, 3.05) is 5.32 Å². The summed E-state index contributed by atoms with van der Waals surface area (Å²) in [5.41, 5.74) is 2.05. The molecule has 0 unspecified atom stereocenters. The maximum absolute atomic E-state index is 12.3. The van der Waals surface area contributed by atoms with Gasteiger partial charge in [-0.3, -0.25) is 9.78 Å². The molecule has 0 atom stereocenters. The third-order valence-corrected chi connectivity index (χ3v) is 3.77. The van der Waals surface area contributed by atoms with Gasteiger partial charge in [0.1, 0.15) is 0 Å². The normalized spacial score (nSPS) is 10.6. The van der Waals surface area contributed by atoms with Crippen LogP contribution in [0, 0.1) is 0 Å². The molecule has 3 aromatic rings. The van der Waals surface area contributed by atoms with Crippen LogP contribution in [0.15, 0.2) is 59.2 Å². The van der Waals surface area contributed by atoms with Gasteiger partial charge >= 0.3 is 0 Å². The Hall–Kier alpha value is -1.91. The van der Waals surface area contributed by atoms with Crippen LogP contribution in [0.3, 0.4) is 0 Å². The number of anilines is 1. The van der Waals surface area contributed by atoms with Crippen LogP contribution in [-0.4, -0.2) is 10.9 Å². The average molecular weight is 362 g/mol. The van der Waals surface area contributed by atoms with Crippen molar-refractivity contribution in [2.45, 2.75) is 0 Å². The topological polar surface area (TPSA) is 42.0 Å². The first-order chi connectivity index (χ1) is 10.1. The van der Waals surface area contributed by atoms with Gasteiger partial charge in [0.25, 0.3) is 5.91 Å². The quantitative estimate of drug-likeness (QED) is 0.705. The average Bonchev–Trinajstić information content (AvgIpc) is 2.48. The molecule has 0 spiro atoms. The van der Waals surface area contributed by atoms with Gasteiger partial charge in [-0.1, -0.05) is 33.6 Å². The molecule has 1 heterocycles. The van der Waals surface area contributed by atoms with Gasteiger partial charge in [0.15, 0.2) is 0 Å². The van der Waals surface area contributed by atoms with Crippen molar-refractivity contribution in [2.24, 2.45) is 0 Å². The van der Waals surface area contributed by atoms with Crippen molar-refractivity contribution in [3.63, 3.8) is 0 Å². The number of carbonyl (C=O) groups excluding carboxylic acids is 1. The summed E-state index contributed by atoms with van der Waals surface area (Å²) in [4.78, 5) is 16.6. The minimum absolute atomic E-state index is 0.204. The number of pyridine rings is 1. The molecule has 1 amide bonds. The maximum Gasteiger partial charge on any atom is 0.255 e. The van der Waals surface area contributed by atoms with Crippen LogP contribution in [0.5, 0.6) is 0 Å². The largest absolute Gasteiger partial charge is 0.321 e. The molecule has 21 heavy (non-hydrogen) atoms. The summed E-state index contributed by atoms with van der Waals surface area (Å²) in [6.45, 7) is 0. The third kappa shape index (κ3) is 3.06. The van der Waals surface area contributed by atoms with Crippen molar-refractivity contribution in [3.05, 3.63) is 69.8 Å². The number of halogens is 2. The Labute approximate surface area is 135 Å². The van der Waals surface area contributed by atoms with Crippen molar-refractivity contribution in [3.8, 4) is 0 Å². The highest BCUT2D eigenvalue weighted by atomic mass is 79.9. The molecule has 0 fully saturated rings. The Morgan fingerprint density at radius 3 is 2.81 bits per heavy atom. The first-order valence-corrected chi connectivity index (χ1v) is 7.42. The zero-order valence-corrected chi connectivity index (χ0v) is 13.1. The second-order valence-electron chi connectivity index (χ2n) is 4.48. The molecule has 0 saturated heterocycles. The second-order valence-corrected chi connectivity index (χ2v) is 5.84. The van der Waals surface area contributed by atoms with E-state index < -0.39 is 0 Å². The van der Waals surface area contributed by atoms with Gasteiger partial charge < -0.3 is 5.32 Å². The number of benzene rings is 2. The fraction of sp³-hybridized carbons (Fsp3) is 0. The van der Waals surface area contributed by atoms with Gasteiger partial charge in [0.05, 0.1) is 11.2 Å². The van der Waals surface area contributed by atoms with E-state index in [0.29, 0.717) is 16.3 Å². The van der Waals surface area contributed by atoms with Gasteiger partial charge in [-0.25, -0.2) is 0 Å². The van der Waals surface area contributed by atoms with E-state index in [0.717, 1.165) is 15.4 Å². The molecule has 5 heteroatoms. The minimum atomic E-state index is -0.204. The fourth-order valence-electron chi connectivity index (χ4n) is 2.05. The smallest absolute Gasteiger partial charge is 0.255 e. The lowest BCUT2D eigenvalue weighted by molar-refractivity contribution is 0.102. The van der Waals surface area contributed by atoms with E-state index in [-0.39, 0.29) is 5.91 Å². The third-order valence-electron chi connectivity index (χ3n) is 3.04. The SMILES string of the molecule is O=C(Nc1ccnc2ccc(Br)cc12)c1cccc(Cl)c1. The van der Waals surface area contributed by atoms with Gasteiger partial charge in [-0.2, -0.15) is 0 Å². The fourth-order valence-corrected chi connectivity index (χ4v) is 2.60. The highest BCUT2D eigenvalue weighted by Crippen LogP contribution is 2.25. The number of nitrogens with one attached hydrogen (secondary N) is 1. The molecule has 3 nitrogen and oxygen atoms in total. The number of nitrogens with zero attached hydrogens (tertiary/aromatic N) is 1. The van der Waals surface area contributed by atoms with E-state index in [9.17, 15) is 4.79 Å². The van der Waals surface area contributed by atoms with Gasteiger partial charge in [0, 0.05) is 26.6 Å². The molecule has 1 aromatic heterocycles. The molecule has 0 radical (unpaired) electrons. The van der Waals surface area contributed by atoms with Crippen LogP contribution < -0.4 is 5.32 Å². The maximum atomic E-state index is 12.3. The van der Waals surface area contributed by atoms with Crippen molar-refractivity contribution in [1.29, 1.82) is 0 Å². The van der Waals surface area contributed by atoms with E-state index in [1.807, 2.05) is 18.2 Å².